The number of hydrogen-bond acceptors (Lipinski definition) is 6. The number of nitrogens with two attached hydrogens (primary N) is 1. The Hall–Kier alpha value is -3.16. The van der Waals surface area contributed by atoms with Crippen LogP contribution in [0.25, 0.3) is 11.1 Å². The quantitative estimate of drug-likeness (QED) is 0.551. The zero-order chi connectivity index (χ0) is 21.1. The summed E-state index contributed by atoms with van der Waals surface area (Å²) in [6.07, 6.45) is 3.47. The summed E-state index contributed by atoms with van der Waals surface area (Å²) in [6.45, 7) is 9.18. The molecule has 28 heavy (non-hydrogen) atoms. The van der Waals surface area contributed by atoms with E-state index in [0.717, 1.165) is 16.7 Å². The third kappa shape index (κ3) is 5.42. The molecule has 0 aliphatic carbocycles. The van der Waals surface area contributed by atoms with Crippen molar-refractivity contribution in [1.82, 2.24) is 14.9 Å². The molecule has 0 saturated carbocycles. The molecule has 8 nitrogen and oxygen atoms in total. The molecule has 1 unspecified atom stereocenters. The third-order valence-electron chi connectivity index (χ3n) is 4.11. The van der Waals surface area contributed by atoms with Crippen molar-refractivity contribution in [3.8, 4) is 11.1 Å². The minimum atomic E-state index is -0.635. The van der Waals surface area contributed by atoms with E-state index >= 15 is 0 Å². The van der Waals surface area contributed by atoms with Crippen molar-refractivity contribution < 1.29 is 9.53 Å². The van der Waals surface area contributed by atoms with E-state index in [0.29, 0.717) is 11.6 Å². The van der Waals surface area contributed by atoms with Crippen LogP contribution in [0.1, 0.15) is 33.3 Å². The zero-order valence-corrected chi connectivity index (χ0v) is 17.2. The van der Waals surface area contributed by atoms with Crippen LogP contribution in [0.2, 0.25) is 0 Å². The Morgan fingerprint density at radius 3 is 2.64 bits per heavy atom. The van der Waals surface area contributed by atoms with Gasteiger partial charge in [-0.25, -0.2) is 4.98 Å². The molecule has 2 aromatic rings. The van der Waals surface area contributed by atoms with Crippen LogP contribution in [0.5, 0.6) is 0 Å². The van der Waals surface area contributed by atoms with Crippen molar-refractivity contribution in [3.63, 3.8) is 0 Å². The molecule has 1 atom stereocenters. The van der Waals surface area contributed by atoms with E-state index in [4.69, 9.17) is 15.9 Å². The van der Waals surface area contributed by atoms with Crippen molar-refractivity contribution in [1.29, 1.82) is 5.41 Å². The van der Waals surface area contributed by atoms with E-state index in [-0.39, 0.29) is 11.9 Å². The maximum Gasteiger partial charge on any atom is 0.285 e. The number of nitrogen functional groups attached to an aromatic ring is 1. The Morgan fingerprint density at radius 2 is 2.04 bits per heavy atom. The summed E-state index contributed by atoms with van der Waals surface area (Å²) < 4.78 is 5.52. The highest BCUT2D eigenvalue weighted by atomic mass is 16.5. The number of anilines is 2. The Bertz CT molecular complexity index is 875. The van der Waals surface area contributed by atoms with E-state index in [1.54, 1.807) is 38.5 Å². The van der Waals surface area contributed by atoms with Crippen molar-refractivity contribution >= 4 is 23.6 Å². The van der Waals surface area contributed by atoms with Gasteiger partial charge in [-0.2, -0.15) is 0 Å². The van der Waals surface area contributed by atoms with E-state index in [1.807, 2.05) is 33.8 Å². The Labute approximate surface area is 165 Å². The summed E-state index contributed by atoms with van der Waals surface area (Å²) in [6, 6.07) is 4.69. The fourth-order valence-corrected chi connectivity index (χ4v) is 2.51. The number of likely N-dealkylation sites (N-methyl/N-ethyl adjacent to an activating group) is 1. The Morgan fingerprint density at radius 1 is 1.36 bits per heavy atom. The van der Waals surface area contributed by atoms with Crippen molar-refractivity contribution in [3.05, 3.63) is 36.2 Å². The predicted molar refractivity (Wildman–Crippen MR) is 111 cm³/mol. The lowest BCUT2D eigenvalue weighted by molar-refractivity contribution is -0.119. The van der Waals surface area contributed by atoms with E-state index in [2.05, 4.69) is 15.3 Å². The number of nitrogens with zero attached hydrogens (tertiary/aromatic N) is 3. The Kier molecular flexibility index (Phi) is 6.23. The van der Waals surface area contributed by atoms with Gasteiger partial charge in [-0.05, 0) is 69.5 Å². The van der Waals surface area contributed by atoms with Crippen molar-refractivity contribution in [2.75, 3.05) is 18.1 Å². The van der Waals surface area contributed by atoms with Crippen LogP contribution in [0.15, 0.2) is 30.6 Å². The molecule has 0 radical (unpaired) electrons. The van der Waals surface area contributed by atoms with Crippen LogP contribution in [0.3, 0.4) is 0 Å². The number of nitrogens with one attached hydrogen (secondary N) is 2. The van der Waals surface area contributed by atoms with Crippen molar-refractivity contribution in [2.24, 2.45) is 0 Å². The molecule has 2 aromatic heterocycles. The molecule has 2 heterocycles. The molecule has 1 amide bonds. The summed E-state index contributed by atoms with van der Waals surface area (Å²) in [5.74, 6) is 0.328. The average molecular weight is 384 g/mol. The number of hydrogen-bond donors (Lipinski definition) is 3. The molecule has 8 heteroatoms. The lowest BCUT2D eigenvalue weighted by Gasteiger charge is -2.30. The monoisotopic (exact) mass is 384 g/mol. The number of ether oxygens (including phenoxy) is 1. The van der Waals surface area contributed by atoms with Gasteiger partial charge in [-0.1, -0.05) is 0 Å². The fraction of sp³-hybridized carbons (Fsp3) is 0.400. The number of amides is 1. The minimum absolute atomic E-state index is 0.0798. The maximum atomic E-state index is 12.7. The van der Waals surface area contributed by atoms with E-state index in [1.165, 1.54) is 4.90 Å². The second-order valence-electron chi connectivity index (χ2n) is 7.65. The molecule has 0 spiro atoms. The first kappa shape index (κ1) is 21.1. The molecule has 4 N–H and O–H groups in total. The van der Waals surface area contributed by atoms with Crippen LogP contribution >= 0.6 is 0 Å². The first-order valence-corrected chi connectivity index (χ1v) is 8.98. The van der Waals surface area contributed by atoms with Gasteiger partial charge in [0.1, 0.15) is 23.3 Å². The third-order valence-corrected chi connectivity index (χ3v) is 4.11. The van der Waals surface area contributed by atoms with Gasteiger partial charge in [-0.15, -0.1) is 0 Å². The molecular formula is C20H28N6O2. The molecule has 0 aromatic carbocycles. The highest BCUT2D eigenvalue weighted by Gasteiger charge is 2.25. The molecule has 2 rings (SSSR count). The minimum Gasteiger partial charge on any atom is -0.460 e. The SMILES string of the molecule is Cc1cnccc1-c1cc(N)nc(NC(=O)C(C)N(C)C(=N)OC(C)(C)C)c1. The zero-order valence-electron chi connectivity index (χ0n) is 17.2. The topological polar surface area (TPSA) is 117 Å². The number of carbonyl (C=O) groups excluding carboxylic acids is 1. The molecule has 0 aliphatic heterocycles. The summed E-state index contributed by atoms with van der Waals surface area (Å²) in [5.41, 5.74) is 8.21. The highest BCUT2D eigenvalue weighted by Crippen LogP contribution is 2.26. The molecule has 0 fully saturated rings. The fourth-order valence-electron chi connectivity index (χ4n) is 2.51. The summed E-state index contributed by atoms with van der Waals surface area (Å²) >= 11 is 0. The number of aromatic nitrogens is 2. The van der Waals surface area contributed by atoms with Gasteiger partial charge in [0.15, 0.2) is 0 Å². The molecule has 0 aliphatic rings. The van der Waals surface area contributed by atoms with Gasteiger partial charge in [0, 0.05) is 19.4 Å². The highest BCUT2D eigenvalue weighted by molar-refractivity contribution is 5.96. The van der Waals surface area contributed by atoms with Crippen LogP contribution in [0, 0.1) is 12.3 Å². The molecular weight excluding hydrogens is 356 g/mol. The number of amidine groups is 1. The first-order chi connectivity index (χ1) is 13.0. The van der Waals surface area contributed by atoms with Gasteiger partial charge >= 0.3 is 0 Å². The maximum absolute atomic E-state index is 12.7. The lowest BCUT2D eigenvalue weighted by Crippen LogP contribution is -2.45. The van der Waals surface area contributed by atoms with E-state index in [9.17, 15) is 4.79 Å². The molecule has 150 valence electrons. The summed E-state index contributed by atoms with van der Waals surface area (Å²) in [4.78, 5) is 22.4. The molecule has 0 bridgehead atoms. The Balaban J connectivity index is 2.18. The van der Waals surface area contributed by atoms with Crippen LogP contribution < -0.4 is 11.1 Å². The van der Waals surface area contributed by atoms with Crippen LogP contribution in [-0.4, -0.2) is 45.5 Å². The normalized spacial score (nSPS) is 12.2. The lowest BCUT2D eigenvalue weighted by atomic mass is 10.0. The van der Waals surface area contributed by atoms with Gasteiger partial charge in [0.05, 0.1) is 0 Å². The van der Waals surface area contributed by atoms with Crippen LogP contribution in [0.4, 0.5) is 11.6 Å². The number of carbonyl (C=O) groups is 1. The van der Waals surface area contributed by atoms with Gasteiger partial charge in [0.2, 0.25) is 5.91 Å². The number of rotatable bonds is 4. The second kappa shape index (κ2) is 8.24. The smallest absolute Gasteiger partial charge is 0.285 e. The van der Waals surface area contributed by atoms with Gasteiger partial charge < -0.3 is 20.7 Å². The molecule has 0 saturated heterocycles. The van der Waals surface area contributed by atoms with Gasteiger partial charge in [-0.3, -0.25) is 15.2 Å². The standard InChI is InChI=1S/C20H28N6O2/c1-12-11-23-8-7-15(12)14-9-16(21)24-17(10-14)25-18(27)13(2)26(6)19(22)28-20(3,4)5/h7-11,13,22H,1-6H3,(H3,21,24,25,27). The summed E-state index contributed by atoms with van der Waals surface area (Å²) in [5, 5.41) is 10.8. The summed E-state index contributed by atoms with van der Waals surface area (Å²) in [7, 11) is 1.64. The van der Waals surface area contributed by atoms with Gasteiger partial charge in [0.25, 0.3) is 6.02 Å². The first-order valence-electron chi connectivity index (χ1n) is 8.98. The van der Waals surface area contributed by atoms with Crippen LogP contribution in [-0.2, 0) is 9.53 Å². The van der Waals surface area contributed by atoms with Crippen molar-refractivity contribution in [2.45, 2.75) is 46.3 Å². The number of aryl methyl sites for hydroxylation is 1. The predicted octanol–water partition coefficient (Wildman–Crippen LogP) is 3.04. The largest absolute Gasteiger partial charge is 0.460 e. The second-order valence-corrected chi connectivity index (χ2v) is 7.65. The van der Waals surface area contributed by atoms with E-state index < -0.39 is 11.6 Å². The number of pyridine rings is 2. The average Bonchev–Trinajstić information content (AvgIpc) is 2.58.